The summed E-state index contributed by atoms with van der Waals surface area (Å²) >= 11 is 0. The van der Waals surface area contributed by atoms with Crippen LogP contribution in [0.2, 0.25) is 0 Å². The number of aliphatic hydroxyl groups excluding tert-OH is 1. The molecule has 0 bridgehead atoms. The van der Waals surface area contributed by atoms with E-state index in [4.69, 9.17) is 23.7 Å². The minimum atomic E-state index is -1.61. The maximum absolute atomic E-state index is 11.3. The van der Waals surface area contributed by atoms with Crippen LogP contribution in [-0.2, 0) is 42.9 Å². The Morgan fingerprint density at radius 1 is 0.917 bits per heavy atom. The van der Waals surface area contributed by atoms with Gasteiger partial charge in [-0.05, 0) is 0 Å². The summed E-state index contributed by atoms with van der Waals surface area (Å²) in [6.45, 7) is 4.10. The summed E-state index contributed by atoms with van der Waals surface area (Å²) in [4.78, 5) is 44.7. The SMILES string of the molecule is CC(=O)OC[C@@H](OC(C)=O)[C@@H]1O[C@H](O)[C@H](OC(C)=O)[C@H]1OC(C)=O. The first kappa shape index (κ1) is 19.8. The molecule has 0 aromatic rings. The Hall–Kier alpha value is -2.20. The second-order valence-corrected chi connectivity index (χ2v) is 5.09. The number of rotatable bonds is 6. The monoisotopic (exact) mass is 348 g/mol. The van der Waals surface area contributed by atoms with E-state index < -0.39 is 61.2 Å². The Kier molecular flexibility index (Phi) is 7.11. The van der Waals surface area contributed by atoms with Gasteiger partial charge >= 0.3 is 23.9 Å². The molecule has 24 heavy (non-hydrogen) atoms. The van der Waals surface area contributed by atoms with Crippen molar-refractivity contribution in [3.05, 3.63) is 0 Å². The predicted molar refractivity (Wildman–Crippen MR) is 74.2 cm³/mol. The zero-order valence-corrected chi connectivity index (χ0v) is 13.7. The van der Waals surface area contributed by atoms with E-state index >= 15 is 0 Å². The predicted octanol–water partition coefficient (Wildman–Crippen LogP) is -0.938. The number of hydrogen-bond donors (Lipinski definition) is 1. The second-order valence-electron chi connectivity index (χ2n) is 5.09. The molecule has 136 valence electrons. The summed E-state index contributed by atoms with van der Waals surface area (Å²) in [5.41, 5.74) is 0. The van der Waals surface area contributed by atoms with Gasteiger partial charge in [-0.25, -0.2) is 0 Å². The lowest BCUT2D eigenvalue weighted by molar-refractivity contribution is -0.184. The number of carbonyl (C=O) groups excluding carboxylic acids is 4. The highest BCUT2D eigenvalue weighted by Gasteiger charge is 2.52. The minimum absolute atomic E-state index is 0.392. The van der Waals surface area contributed by atoms with Crippen LogP contribution in [0.5, 0.6) is 0 Å². The molecule has 1 rings (SSSR count). The topological polar surface area (TPSA) is 135 Å². The molecule has 1 N–H and O–H groups in total. The molecule has 0 aromatic heterocycles. The third-order valence-electron chi connectivity index (χ3n) is 2.96. The van der Waals surface area contributed by atoms with Crippen LogP contribution in [-0.4, -0.2) is 66.3 Å². The van der Waals surface area contributed by atoms with Crippen LogP contribution < -0.4 is 0 Å². The van der Waals surface area contributed by atoms with Crippen molar-refractivity contribution in [1.29, 1.82) is 0 Å². The van der Waals surface area contributed by atoms with E-state index in [1.807, 2.05) is 0 Å². The molecule has 0 saturated carbocycles. The van der Waals surface area contributed by atoms with Crippen molar-refractivity contribution in [3.63, 3.8) is 0 Å². The van der Waals surface area contributed by atoms with Gasteiger partial charge in [0.15, 0.2) is 24.6 Å². The molecule has 5 atom stereocenters. The average molecular weight is 348 g/mol. The van der Waals surface area contributed by atoms with Crippen molar-refractivity contribution in [3.8, 4) is 0 Å². The Morgan fingerprint density at radius 2 is 1.46 bits per heavy atom. The highest BCUT2D eigenvalue weighted by atomic mass is 16.7. The molecule has 1 saturated heterocycles. The number of carbonyl (C=O) groups is 4. The van der Waals surface area contributed by atoms with Gasteiger partial charge in [-0.2, -0.15) is 0 Å². The first-order chi connectivity index (χ1) is 11.1. The van der Waals surface area contributed by atoms with Crippen LogP contribution >= 0.6 is 0 Å². The van der Waals surface area contributed by atoms with Gasteiger partial charge in [0, 0.05) is 27.7 Å². The summed E-state index contributed by atoms with van der Waals surface area (Å²) in [7, 11) is 0. The molecule has 0 aliphatic carbocycles. The quantitative estimate of drug-likeness (QED) is 0.473. The lowest BCUT2D eigenvalue weighted by atomic mass is 10.1. The molecule has 0 radical (unpaired) electrons. The summed E-state index contributed by atoms with van der Waals surface area (Å²) in [6, 6.07) is 0. The molecular formula is C14H20O10. The smallest absolute Gasteiger partial charge is 0.303 e. The highest BCUT2D eigenvalue weighted by Crippen LogP contribution is 2.29. The average Bonchev–Trinajstić information content (AvgIpc) is 2.70. The molecule has 1 fully saturated rings. The fourth-order valence-electron chi connectivity index (χ4n) is 2.22. The number of ether oxygens (including phenoxy) is 5. The molecule has 0 spiro atoms. The third-order valence-corrected chi connectivity index (χ3v) is 2.96. The van der Waals surface area contributed by atoms with E-state index in [1.54, 1.807) is 0 Å². The molecule has 0 amide bonds. The van der Waals surface area contributed by atoms with Gasteiger partial charge in [-0.15, -0.1) is 0 Å². The van der Waals surface area contributed by atoms with Crippen LogP contribution in [0.25, 0.3) is 0 Å². The van der Waals surface area contributed by atoms with Crippen molar-refractivity contribution in [2.75, 3.05) is 6.61 Å². The second kappa shape index (κ2) is 8.60. The summed E-state index contributed by atoms with van der Waals surface area (Å²) in [5, 5.41) is 9.91. The van der Waals surface area contributed by atoms with E-state index in [0.29, 0.717) is 0 Å². The van der Waals surface area contributed by atoms with Gasteiger partial charge in [0.1, 0.15) is 12.7 Å². The van der Waals surface area contributed by atoms with Crippen LogP contribution in [0, 0.1) is 0 Å². The van der Waals surface area contributed by atoms with Crippen molar-refractivity contribution in [2.24, 2.45) is 0 Å². The maximum atomic E-state index is 11.3. The van der Waals surface area contributed by atoms with Gasteiger partial charge in [-0.3, -0.25) is 19.2 Å². The molecule has 0 unspecified atom stereocenters. The summed E-state index contributed by atoms with van der Waals surface area (Å²) in [5.74, 6) is -2.80. The maximum Gasteiger partial charge on any atom is 0.303 e. The first-order valence-electron chi connectivity index (χ1n) is 7.10. The largest absolute Gasteiger partial charge is 0.462 e. The molecule has 10 heteroatoms. The van der Waals surface area contributed by atoms with Gasteiger partial charge in [-0.1, -0.05) is 0 Å². The van der Waals surface area contributed by atoms with Gasteiger partial charge in [0.25, 0.3) is 0 Å². The first-order valence-corrected chi connectivity index (χ1v) is 7.10. The van der Waals surface area contributed by atoms with Crippen molar-refractivity contribution in [1.82, 2.24) is 0 Å². The van der Waals surface area contributed by atoms with E-state index in [0.717, 1.165) is 27.7 Å². The Balaban J connectivity index is 3.03. The molecule has 1 aliphatic heterocycles. The fraction of sp³-hybridized carbons (Fsp3) is 0.714. The van der Waals surface area contributed by atoms with E-state index in [9.17, 15) is 24.3 Å². The lowest BCUT2D eigenvalue weighted by Crippen LogP contribution is -2.46. The van der Waals surface area contributed by atoms with Crippen molar-refractivity contribution in [2.45, 2.75) is 58.4 Å². The molecule has 1 aliphatic rings. The number of aliphatic hydroxyl groups is 1. The van der Waals surface area contributed by atoms with E-state index in [-0.39, 0.29) is 0 Å². The Labute approximate surface area is 137 Å². The molecule has 1 heterocycles. The van der Waals surface area contributed by atoms with Crippen LogP contribution in [0.1, 0.15) is 27.7 Å². The number of esters is 4. The van der Waals surface area contributed by atoms with Gasteiger partial charge < -0.3 is 28.8 Å². The normalized spacial score (nSPS) is 27.0. The fourth-order valence-corrected chi connectivity index (χ4v) is 2.22. The summed E-state index contributed by atoms with van der Waals surface area (Å²) < 4.78 is 25.0. The Bertz CT molecular complexity index is 502. The van der Waals surface area contributed by atoms with Crippen LogP contribution in [0.3, 0.4) is 0 Å². The molecule has 10 nitrogen and oxygen atoms in total. The Morgan fingerprint density at radius 3 is 1.92 bits per heavy atom. The van der Waals surface area contributed by atoms with Crippen molar-refractivity contribution >= 4 is 23.9 Å². The van der Waals surface area contributed by atoms with Gasteiger partial charge in [0.2, 0.25) is 0 Å². The summed E-state index contributed by atoms with van der Waals surface area (Å²) in [6.07, 6.45) is -6.55. The highest BCUT2D eigenvalue weighted by molar-refractivity contribution is 5.68. The lowest BCUT2D eigenvalue weighted by Gasteiger charge is -2.27. The van der Waals surface area contributed by atoms with Gasteiger partial charge in [0.05, 0.1) is 0 Å². The standard InChI is InChI=1S/C14H20O10/c1-6(15)20-5-10(21-7(2)16)11-12(22-8(3)17)13(14(19)24-11)23-9(4)18/h10-14,19H,5H2,1-4H3/t10-,11+,12+,13-,14+/m1/s1. The van der Waals surface area contributed by atoms with Crippen molar-refractivity contribution < 1.29 is 48.0 Å². The molecule has 0 aromatic carbocycles. The van der Waals surface area contributed by atoms with Crippen LogP contribution in [0.4, 0.5) is 0 Å². The minimum Gasteiger partial charge on any atom is -0.462 e. The number of hydrogen-bond acceptors (Lipinski definition) is 10. The third kappa shape index (κ3) is 5.78. The van der Waals surface area contributed by atoms with Crippen LogP contribution in [0.15, 0.2) is 0 Å². The van der Waals surface area contributed by atoms with E-state index in [1.165, 1.54) is 0 Å². The zero-order chi connectivity index (χ0) is 18.4. The van der Waals surface area contributed by atoms with E-state index in [2.05, 4.69) is 0 Å². The molecular weight excluding hydrogens is 328 g/mol. The zero-order valence-electron chi connectivity index (χ0n) is 13.7.